The Kier molecular flexibility index (Phi) is 5.55. The van der Waals surface area contributed by atoms with E-state index < -0.39 is 5.41 Å². The highest BCUT2D eigenvalue weighted by molar-refractivity contribution is 5.87. The number of nitrogens with one attached hydrogen (secondary N) is 1. The average Bonchev–Trinajstić information content (AvgIpc) is 2.38. The Morgan fingerprint density at radius 3 is 2.32 bits per heavy atom. The van der Waals surface area contributed by atoms with Gasteiger partial charge in [-0.15, -0.1) is 0 Å². The SMILES string of the molecule is CC(C)CC(CO)NC(=O)C(C)(C)c1ccccc1. The van der Waals surface area contributed by atoms with E-state index in [0.29, 0.717) is 5.92 Å². The van der Waals surface area contributed by atoms with Crippen LogP contribution in [0.15, 0.2) is 30.3 Å². The van der Waals surface area contributed by atoms with Gasteiger partial charge in [-0.1, -0.05) is 44.2 Å². The molecular weight excluding hydrogens is 238 g/mol. The van der Waals surface area contributed by atoms with Crippen molar-refractivity contribution in [2.24, 2.45) is 5.92 Å². The van der Waals surface area contributed by atoms with Gasteiger partial charge in [0.05, 0.1) is 18.1 Å². The third kappa shape index (κ3) is 4.35. The lowest BCUT2D eigenvalue weighted by atomic mass is 9.83. The summed E-state index contributed by atoms with van der Waals surface area (Å²) in [4.78, 5) is 12.4. The normalized spacial score (nSPS) is 13.4. The van der Waals surface area contributed by atoms with E-state index in [1.165, 1.54) is 0 Å². The van der Waals surface area contributed by atoms with E-state index >= 15 is 0 Å². The lowest BCUT2D eigenvalue weighted by Gasteiger charge is -2.27. The van der Waals surface area contributed by atoms with Gasteiger partial charge < -0.3 is 10.4 Å². The van der Waals surface area contributed by atoms with Crippen molar-refractivity contribution in [2.45, 2.75) is 45.6 Å². The molecule has 1 atom stereocenters. The summed E-state index contributed by atoms with van der Waals surface area (Å²) in [5, 5.41) is 12.3. The molecule has 1 rings (SSSR count). The third-order valence-corrected chi connectivity index (χ3v) is 3.37. The summed E-state index contributed by atoms with van der Waals surface area (Å²) in [5.74, 6) is 0.399. The summed E-state index contributed by atoms with van der Waals surface area (Å²) in [7, 11) is 0. The molecule has 1 aromatic rings. The molecular formula is C16H25NO2. The first-order valence-electron chi connectivity index (χ1n) is 6.85. The van der Waals surface area contributed by atoms with Crippen LogP contribution in [0, 0.1) is 5.92 Å². The summed E-state index contributed by atoms with van der Waals surface area (Å²) in [5.41, 5.74) is 0.389. The molecule has 0 bridgehead atoms. The molecule has 19 heavy (non-hydrogen) atoms. The van der Waals surface area contributed by atoms with Crippen LogP contribution < -0.4 is 5.32 Å². The van der Waals surface area contributed by atoms with E-state index in [2.05, 4.69) is 19.2 Å². The number of hydrogen-bond acceptors (Lipinski definition) is 2. The van der Waals surface area contributed by atoms with Crippen LogP contribution in [0.2, 0.25) is 0 Å². The smallest absolute Gasteiger partial charge is 0.230 e. The van der Waals surface area contributed by atoms with Gasteiger partial charge in [-0.2, -0.15) is 0 Å². The molecule has 1 aromatic carbocycles. The van der Waals surface area contributed by atoms with Crippen LogP contribution >= 0.6 is 0 Å². The van der Waals surface area contributed by atoms with Gasteiger partial charge in [0.15, 0.2) is 0 Å². The van der Waals surface area contributed by atoms with Gasteiger partial charge in [0, 0.05) is 0 Å². The number of benzene rings is 1. The number of carbonyl (C=O) groups is 1. The van der Waals surface area contributed by atoms with Crippen molar-refractivity contribution in [1.82, 2.24) is 5.32 Å². The zero-order valence-corrected chi connectivity index (χ0v) is 12.3. The van der Waals surface area contributed by atoms with Crippen LogP contribution in [0.25, 0.3) is 0 Å². The van der Waals surface area contributed by atoms with Crippen LogP contribution in [0.4, 0.5) is 0 Å². The van der Waals surface area contributed by atoms with Crippen LogP contribution in [0.1, 0.15) is 39.7 Å². The molecule has 0 saturated heterocycles. The minimum absolute atomic E-state index is 0.0191. The maximum absolute atomic E-state index is 12.4. The van der Waals surface area contributed by atoms with Crippen molar-refractivity contribution in [3.8, 4) is 0 Å². The summed E-state index contributed by atoms with van der Waals surface area (Å²) in [6, 6.07) is 9.54. The number of aliphatic hydroxyl groups excluding tert-OH is 1. The molecule has 0 aliphatic rings. The second kappa shape index (κ2) is 6.71. The molecule has 106 valence electrons. The van der Waals surface area contributed by atoms with Crippen molar-refractivity contribution in [2.75, 3.05) is 6.61 Å². The van der Waals surface area contributed by atoms with E-state index in [1.807, 2.05) is 44.2 Å². The second-order valence-corrected chi connectivity index (χ2v) is 5.97. The number of amides is 1. The van der Waals surface area contributed by atoms with Gasteiger partial charge in [-0.05, 0) is 31.7 Å². The summed E-state index contributed by atoms with van der Waals surface area (Å²) in [6.07, 6.45) is 0.785. The summed E-state index contributed by atoms with van der Waals surface area (Å²) in [6.45, 7) is 7.95. The largest absolute Gasteiger partial charge is 0.394 e. The standard InChI is InChI=1S/C16H25NO2/c1-12(2)10-14(11-18)17-15(19)16(3,4)13-8-6-5-7-9-13/h5-9,12,14,18H,10-11H2,1-4H3,(H,17,19). The van der Waals surface area contributed by atoms with Gasteiger partial charge in [0.1, 0.15) is 0 Å². The van der Waals surface area contributed by atoms with Crippen LogP contribution in [0.3, 0.4) is 0 Å². The Bertz CT molecular complexity index is 398. The Morgan fingerprint density at radius 1 is 1.26 bits per heavy atom. The molecule has 3 heteroatoms. The van der Waals surface area contributed by atoms with Crippen molar-refractivity contribution in [1.29, 1.82) is 0 Å². The van der Waals surface area contributed by atoms with Gasteiger partial charge in [0.25, 0.3) is 0 Å². The molecule has 1 unspecified atom stereocenters. The van der Waals surface area contributed by atoms with Gasteiger partial charge in [-0.3, -0.25) is 4.79 Å². The molecule has 0 aromatic heterocycles. The van der Waals surface area contributed by atoms with E-state index in [-0.39, 0.29) is 18.6 Å². The topological polar surface area (TPSA) is 49.3 Å². The number of rotatable bonds is 6. The van der Waals surface area contributed by atoms with E-state index in [9.17, 15) is 9.90 Å². The minimum Gasteiger partial charge on any atom is -0.394 e. The first kappa shape index (κ1) is 15.7. The van der Waals surface area contributed by atoms with E-state index in [4.69, 9.17) is 0 Å². The fraction of sp³-hybridized carbons (Fsp3) is 0.562. The fourth-order valence-electron chi connectivity index (χ4n) is 2.10. The Morgan fingerprint density at radius 2 is 1.84 bits per heavy atom. The quantitative estimate of drug-likeness (QED) is 0.828. The molecule has 0 heterocycles. The molecule has 0 saturated carbocycles. The van der Waals surface area contributed by atoms with Crippen LogP contribution in [-0.4, -0.2) is 23.7 Å². The summed E-state index contributed by atoms with van der Waals surface area (Å²) < 4.78 is 0. The van der Waals surface area contributed by atoms with Crippen molar-refractivity contribution >= 4 is 5.91 Å². The maximum Gasteiger partial charge on any atom is 0.230 e. The van der Waals surface area contributed by atoms with Gasteiger partial charge >= 0.3 is 0 Å². The molecule has 1 amide bonds. The number of carbonyl (C=O) groups excluding carboxylic acids is 1. The molecule has 0 fully saturated rings. The minimum atomic E-state index is -0.592. The third-order valence-electron chi connectivity index (χ3n) is 3.37. The monoisotopic (exact) mass is 263 g/mol. The highest BCUT2D eigenvalue weighted by Crippen LogP contribution is 2.23. The maximum atomic E-state index is 12.4. The predicted octanol–water partition coefficient (Wildman–Crippen LogP) is 2.49. The fourth-order valence-corrected chi connectivity index (χ4v) is 2.10. The van der Waals surface area contributed by atoms with Crippen molar-refractivity contribution in [3.05, 3.63) is 35.9 Å². The van der Waals surface area contributed by atoms with Gasteiger partial charge in [-0.25, -0.2) is 0 Å². The summed E-state index contributed by atoms with van der Waals surface area (Å²) >= 11 is 0. The predicted molar refractivity (Wildman–Crippen MR) is 77.9 cm³/mol. The van der Waals surface area contributed by atoms with Gasteiger partial charge in [0.2, 0.25) is 5.91 Å². The van der Waals surface area contributed by atoms with Crippen LogP contribution in [-0.2, 0) is 10.2 Å². The highest BCUT2D eigenvalue weighted by atomic mass is 16.3. The Balaban J connectivity index is 2.76. The second-order valence-electron chi connectivity index (χ2n) is 5.97. The molecule has 0 spiro atoms. The Labute approximate surface area is 116 Å². The lowest BCUT2D eigenvalue weighted by molar-refractivity contribution is -0.126. The van der Waals surface area contributed by atoms with Crippen molar-refractivity contribution < 1.29 is 9.90 Å². The zero-order valence-electron chi connectivity index (χ0n) is 12.3. The molecule has 3 nitrogen and oxygen atoms in total. The van der Waals surface area contributed by atoms with Crippen molar-refractivity contribution in [3.63, 3.8) is 0 Å². The first-order valence-corrected chi connectivity index (χ1v) is 6.85. The molecule has 0 aliphatic heterocycles. The molecule has 0 radical (unpaired) electrons. The molecule has 0 aliphatic carbocycles. The molecule has 2 N–H and O–H groups in total. The van der Waals surface area contributed by atoms with E-state index in [1.54, 1.807) is 0 Å². The average molecular weight is 263 g/mol. The number of hydrogen-bond donors (Lipinski definition) is 2. The highest BCUT2D eigenvalue weighted by Gasteiger charge is 2.30. The first-order chi connectivity index (χ1) is 8.87. The zero-order chi connectivity index (χ0) is 14.5. The lowest BCUT2D eigenvalue weighted by Crippen LogP contribution is -2.47. The number of aliphatic hydroxyl groups is 1. The van der Waals surface area contributed by atoms with Crippen LogP contribution in [0.5, 0.6) is 0 Å². The Hall–Kier alpha value is -1.35. The van der Waals surface area contributed by atoms with E-state index in [0.717, 1.165) is 12.0 Å².